The number of alkyl halides is 3. The Morgan fingerprint density at radius 1 is 0.500 bits per heavy atom. The number of carboxylic acids is 1. The van der Waals surface area contributed by atoms with Gasteiger partial charge in [-0.1, -0.05) is 144 Å². The number of hydrogen-bond donors (Lipinski definition) is 1. The van der Waals surface area contributed by atoms with E-state index in [1.165, 1.54) is 0 Å². The zero-order valence-corrected chi connectivity index (χ0v) is 24.5. The van der Waals surface area contributed by atoms with Gasteiger partial charge in [-0.05, 0) is 0 Å². The number of nitrogens with one attached hydrogen (secondary N) is 4. The molecule has 228 valence electrons. The molecule has 0 aromatic heterocycles. The molecule has 12 heteroatoms. The Balaban J connectivity index is 0. The minimum Gasteiger partial charge on any atom is -1.00 e. The van der Waals surface area contributed by atoms with E-state index in [9.17, 15) is 13.2 Å². The summed E-state index contributed by atoms with van der Waals surface area (Å²) in [5.74, 6) is -2.76. The molecular formula is C30H29Cl2CoF3N4O2-3. The van der Waals surface area contributed by atoms with Gasteiger partial charge in [0, 0.05) is 0 Å². The van der Waals surface area contributed by atoms with Gasteiger partial charge in [-0.15, -0.1) is 24.2 Å². The van der Waals surface area contributed by atoms with Crippen LogP contribution in [-0.2, 0) is 21.6 Å². The smallest absolute Gasteiger partial charge is 1.00 e. The van der Waals surface area contributed by atoms with Crippen LogP contribution in [0, 0.1) is 0 Å². The zero-order chi connectivity index (χ0) is 28.8. The summed E-state index contributed by atoms with van der Waals surface area (Å²) in [6.45, 7) is 0. The largest absolute Gasteiger partial charge is 3.00 e. The van der Waals surface area contributed by atoms with Crippen LogP contribution in [0.5, 0.6) is 0 Å². The fourth-order valence-corrected chi connectivity index (χ4v) is 3.41. The SMILES string of the molecule is O=C(O)C(F)(F)F.[Cl-].[Cl-].[Co+3].[NH-]C(c1ccccc1)C([NH-])c1ccccc1.[NH-]C(c1ccccc1)C([NH-])c1ccccc1. The summed E-state index contributed by atoms with van der Waals surface area (Å²) in [6, 6.07) is 36.1. The topological polar surface area (TPSA) is 132 Å². The molecule has 4 unspecified atom stereocenters. The average molecular weight is 664 g/mol. The zero-order valence-electron chi connectivity index (χ0n) is 21.9. The Morgan fingerprint density at radius 2 is 0.643 bits per heavy atom. The molecule has 0 aliphatic carbocycles. The van der Waals surface area contributed by atoms with Crippen molar-refractivity contribution in [3.05, 3.63) is 167 Å². The second-order valence-electron chi connectivity index (χ2n) is 8.36. The van der Waals surface area contributed by atoms with Gasteiger partial charge >= 0.3 is 28.9 Å². The summed E-state index contributed by atoms with van der Waals surface area (Å²) >= 11 is 0. The predicted molar refractivity (Wildman–Crippen MR) is 148 cm³/mol. The van der Waals surface area contributed by atoms with Crippen molar-refractivity contribution in [3.8, 4) is 0 Å². The first kappa shape index (κ1) is 41.2. The molecule has 0 spiro atoms. The molecule has 42 heavy (non-hydrogen) atoms. The number of rotatable bonds is 6. The number of hydrogen-bond acceptors (Lipinski definition) is 1. The number of benzene rings is 4. The van der Waals surface area contributed by atoms with Crippen molar-refractivity contribution in [2.45, 2.75) is 30.3 Å². The van der Waals surface area contributed by atoms with E-state index in [1.54, 1.807) is 0 Å². The molecule has 4 rings (SSSR count). The van der Waals surface area contributed by atoms with Crippen molar-refractivity contribution in [2.24, 2.45) is 0 Å². The summed E-state index contributed by atoms with van der Waals surface area (Å²) in [6.07, 6.45) is -5.08. The number of carboxylic acid groups (broad SMARTS) is 1. The third kappa shape index (κ3) is 13.8. The average Bonchev–Trinajstić information content (AvgIpc) is 2.97. The standard InChI is InChI=1S/2C14H14N2.C2HF3O2.2ClH.Co/c2*15-13(11-7-3-1-4-8-11)14(16)12-9-5-2-6-10-12;3-2(4,5)1(6)7;;;/h2*1-10,13-16H;(H,6,7);2*1H;/q2*-2;;;;+3/p-2. The number of carbonyl (C=O) groups is 1. The third-order valence-corrected chi connectivity index (χ3v) is 5.54. The molecule has 0 heterocycles. The number of aliphatic carboxylic acids is 1. The fraction of sp³-hybridized carbons (Fsp3) is 0.167. The van der Waals surface area contributed by atoms with Gasteiger partial charge in [0.05, 0.1) is 0 Å². The summed E-state index contributed by atoms with van der Waals surface area (Å²) < 4.78 is 31.7. The van der Waals surface area contributed by atoms with E-state index >= 15 is 0 Å². The van der Waals surface area contributed by atoms with Gasteiger partial charge in [-0.3, -0.25) is 0 Å². The summed E-state index contributed by atoms with van der Waals surface area (Å²) in [7, 11) is 0. The maximum atomic E-state index is 10.6. The molecule has 4 aromatic carbocycles. The maximum Gasteiger partial charge on any atom is 3.00 e. The summed E-state index contributed by atoms with van der Waals surface area (Å²) in [4.78, 5) is 8.90. The first-order valence-electron chi connectivity index (χ1n) is 11.9. The second-order valence-corrected chi connectivity index (χ2v) is 8.36. The molecule has 0 amide bonds. The van der Waals surface area contributed by atoms with Gasteiger partial charge in [-0.2, -0.15) is 13.2 Å². The molecule has 4 atom stereocenters. The molecule has 0 saturated carbocycles. The van der Waals surface area contributed by atoms with Crippen LogP contribution in [0.15, 0.2) is 121 Å². The molecule has 4 aromatic rings. The normalized spacial score (nSPS) is 12.8. The van der Waals surface area contributed by atoms with Gasteiger partial charge in [0.15, 0.2) is 0 Å². The van der Waals surface area contributed by atoms with E-state index in [4.69, 9.17) is 32.8 Å². The van der Waals surface area contributed by atoms with E-state index < -0.39 is 36.3 Å². The maximum absolute atomic E-state index is 10.6. The monoisotopic (exact) mass is 663 g/mol. The molecule has 0 radical (unpaired) electrons. The second kappa shape index (κ2) is 20.9. The van der Waals surface area contributed by atoms with Crippen molar-refractivity contribution < 1.29 is 64.7 Å². The molecule has 6 nitrogen and oxygen atoms in total. The van der Waals surface area contributed by atoms with Crippen LogP contribution in [0.1, 0.15) is 46.4 Å². The van der Waals surface area contributed by atoms with Crippen LogP contribution in [0.25, 0.3) is 22.9 Å². The van der Waals surface area contributed by atoms with E-state index in [0.717, 1.165) is 22.3 Å². The predicted octanol–water partition coefficient (Wildman–Crippen LogP) is 3.79. The fourth-order valence-electron chi connectivity index (χ4n) is 3.41. The van der Waals surface area contributed by atoms with Crippen LogP contribution < -0.4 is 24.8 Å². The van der Waals surface area contributed by atoms with Crippen molar-refractivity contribution in [3.63, 3.8) is 0 Å². The Morgan fingerprint density at radius 3 is 0.762 bits per heavy atom. The Kier molecular flexibility index (Phi) is 20.5. The molecule has 0 fully saturated rings. The molecule has 0 aliphatic heterocycles. The van der Waals surface area contributed by atoms with E-state index in [2.05, 4.69) is 0 Å². The molecular weight excluding hydrogens is 635 g/mol. The van der Waals surface area contributed by atoms with Crippen molar-refractivity contribution >= 4 is 5.97 Å². The summed E-state index contributed by atoms with van der Waals surface area (Å²) in [5, 5.41) is 7.12. The quantitative estimate of drug-likeness (QED) is 0.336. The molecule has 0 saturated heterocycles. The van der Waals surface area contributed by atoms with E-state index in [0.29, 0.717) is 0 Å². The molecule has 0 bridgehead atoms. The van der Waals surface area contributed by atoms with Crippen LogP contribution in [0.3, 0.4) is 0 Å². The Hall–Kier alpha value is -2.93. The minimum atomic E-state index is -5.08. The molecule has 5 N–H and O–H groups in total. The van der Waals surface area contributed by atoms with Crippen molar-refractivity contribution in [2.75, 3.05) is 0 Å². The van der Waals surface area contributed by atoms with E-state index in [1.807, 2.05) is 121 Å². The Labute approximate surface area is 266 Å². The first-order chi connectivity index (χ1) is 18.5. The number of halogens is 5. The Bertz CT molecular complexity index is 1070. The van der Waals surface area contributed by atoms with Gasteiger partial charge in [-0.25, -0.2) is 4.79 Å². The van der Waals surface area contributed by atoms with Gasteiger partial charge in [0.2, 0.25) is 0 Å². The van der Waals surface area contributed by atoms with E-state index in [-0.39, 0.29) is 41.6 Å². The van der Waals surface area contributed by atoms with Crippen molar-refractivity contribution in [1.82, 2.24) is 0 Å². The van der Waals surface area contributed by atoms with Gasteiger partial charge in [0.1, 0.15) is 0 Å². The van der Waals surface area contributed by atoms with Crippen LogP contribution >= 0.6 is 0 Å². The van der Waals surface area contributed by atoms with Crippen LogP contribution in [-0.4, -0.2) is 17.3 Å². The minimum absolute atomic E-state index is 0. The first-order valence-corrected chi connectivity index (χ1v) is 11.9. The third-order valence-electron chi connectivity index (χ3n) is 5.54. The van der Waals surface area contributed by atoms with Crippen LogP contribution in [0.2, 0.25) is 0 Å². The van der Waals surface area contributed by atoms with Gasteiger partial charge < -0.3 is 52.9 Å². The molecule has 0 aliphatic rings. The van der Waals surface area contributed by atoms with Crippen LogP contribution in [0.4, 0.5) is 13.2 Å². The van der Waals surface area contributed by atoms with Gasteiger partial charge in [0.25, 0.3) is 0 Å². The summed E-state index contributed by atoms with van der Waals surface area (Å²) in [5.41, 5.74) is 35.9. The van der Waals surface area contributed by atoms with Crippen molar-refractivity contribution in [1.29, 1.82) is 0 Å².